The van der Waals surface area contributed by atoms with Gasteiger partial charge in [-0.15, -0.1) is 0 Å². The van der Waals surface area contributed by atoms with Crippen molar-refractivity contribution in [3.05, 3.63) is 12.1 Å². The second-order valence-corrected chi connectivity index (χ2v) is 7.49. The first-order chi connectivity index (χ1) is 10.7. The van der Waals surface area contributed by atoms with Crippen molar-refractivity contribution in [2.24, 2.45) is 0 Å². The van der Waals surface area contributed by atoms with Crippen LogP contribution in [0.4, 0.5) is 16.2 Å². The van der Waals surface area contributed by atoms with Gasteiger partial charge in [-0.25, -0.2) is 4.79 Å². The van der Waals surface area contributed by atoms with Crippen molar-refractivity contribution in [2.45, 2.75) is 45.8 Å². The molecule has 3 rings (SSSR count). The van der Waals surface area contributed by atoms with E-state index in [4.69, 9.17) is 14.2 Å². The summed E-state index contributed by atoms with van der Waals surface area (Å²) in [6.07, 6.45) is -0.359. The van der Waals surface area contributed by atoms with E-state index < -0.39 is 11.1 Å². The third kappa shape index (κ3) is 3.02. The molecule has 0 atom stereocenters. The quantitative estimate of drug-likeness (QED) is 0.794. The van der Waals surface area contributed by atoms with Crippen LogP contribution in [0.1, 0.15) is 34.6 Å². The lowest BCUT2D eigenvalue weighted by Crippen LogP contribution is -2.56. The lowest BCUT2D eigenvalue weighted by atomic mass is 9.97. The molecular formula is C17H24N2O4. The fourth-order valence-corrected chi connectivity index (χ4v) is 2.77. The summed E-state index contributed by atoms with van der Waals surface area (Å²) in [4.78, 5) is 14.5. The summed E-state index contributed by atoms with van der Waals surface area (Å²) in [6.45, 7) is 11.3. The average molecular weight is 320 g/mol. The van der Waals surface area contributed by atoms with Gasteiger partial charge in [-0.1, -0.05) is 0 Å². The number of nitrogens with zero attached hydrogens (tertiary/aromatic N) is 1. The summed E-state index contributed by atoms with van der Waals surface area (Å²) in [7, 11) is 0. The summed E-state index contributed by atoms with van der Waals surface area (Å²) < 4.78 is 16.9. The van der Waals surface area contributed by atoms with Crippen molar-refractivity contribution in [1.82, 2.24) is 0 Å². The molecular weight excluding hydrogens is 296 g/mol. The van der Waals surface area contributed by atoms with E-state index in [1.165, 1.54) is 0 Å². The molecule has 0 saturated heterocycles. The molecule has 0 spiro atoms. The van der Waals surface area contributed by atoms with Crippen LogP contribution in [0.2, 0.25) is 0 Å². The number of ether oxygens (including phenoxy) is 3. The average Bonchev–Trinajstić information content (AvgIpc) is 2.42. The SMILES string of the molecule is CC(C)(C)OC(=O)N1c2cc3c(cc2NCC1(C)C)OCCO3. The number of rotatable bonds is 0. The van der Waals surface area contributed by atoms with E-state index in [-0.39, 0.29) is 6.09 Å². The van der Waals surface area contributed by atoms with Gasteiger partial charge in [-0.3, -0.25) is 4.90 Å². The number of fused-ring (bicyclic) bond motifs is 2. The molecule has 126 valence electrons. The maximum atomic E-state index is 12.8. The Morgan fingerprint density at radius 1 is 1.22 bits per heavy atom. The van der Waals surface area contributed by atoms with Crippen molar-refractivity contribution in [1.29, 1.82) is 0 Å². The minimum absolute atomic E-state index is 0.359. The fourth-order valence-electron chi connectivity index (χ4n) is 2.77. The van der Waals surface area contributed by atoms with Gasteiger partial charge in [-0.05, 0) is 34.6 Å². The van der Waals surface area contributed by atoms with Gasteiger partial charge in [0.25, 0.3) is 0 Å². The predicted octanol–water partition coefficient (Wildman–Crippen LogP) is 3.40. The van der Waals surface area contributed by atoms with Crippen LogP contribution in [0, 0.1) is 0 Å². The van der Waals surface area contributed by atoms with E-state index >= 15 is 0 Å². The number of hydrogen-bond acceptors (Lipinski definition) is 5. The van der Waals surface area contributed by atoms with Gasteiger partial charge in [0.1, 0.15) is 18.8 Å². The van der Waals surface area contributed by atoms with Crippen LogP contribution in [-0.2, 0) is 4.74 Å². The molecule has 2 aliphatic heterocycles. The van der Waals surface area contributed by atoms with Crippen LogP contribution in [0.25, 0.3) is 0 Å². The van der Waals surface area contributed by atoms with Crippen LogP contribution in [0.3, 0.4) is 0 Å². The molecule has 1 aromatic carbocycles. The normalized spacial score (nSPS) is 18.7. The largest absolute Gasteiger partial charge is 0.486 e. The fraction of sp³-hybridized carbons (Fsp3) is 0.588. The Bertz CT molecular complexity index is 634. The summed E-state index contributed by atoms with van der Waals surface area (Å²) in [5, 5.41) is 3.37. The highest BCUT2D eigenvalue weighted by atomic mass is 16.6. The Labute approximate surface area is 136 Å². The molecule has 1 aromatic rings. The molecule has 6 nitrogen and oxygen atoms in total. The number of carbonyl (C=O) groups is 1. The molecule has 0 aromatic heterocycles. The Kier molecular flexibility index (Phi) is 3.58. The molecule has 0 fully saturated rings. The molecule has 0 aliphatic carbocycles. The summed E-state index contributed by atoms with van der Waals surface area (Å²) in [5.41, 5.74) is 0.629. The molecule has 6 heteroatoms. The number of carbonyl (C=O) groups excluding carboxylic acids is 1. The molecule has 23 heavy (non-hydrogen) atoms. The van der Waals surface area contributed by atoms with Gasteiger partial charge in [0, 0.05) is 18.7 Å². The van der Waals surface area contributed by atoms with Gasteiger partial charge < -0.3 is 19.5 Å². The van der Waals surface area contributed by atoms with Crippen LogP contribution >= 0.6 is 0 Å². The number of hydrogen-bond donors (Lipinski definition) is 1. The molecule has 0 unspecified atom stereocenters. The lowest BCUT2D eigenvalue weighted by molar-refractivity contribution is 0.0546. The standard InChI is InChI=1S/C17H24N2O4/c1-16(2,3)23-15(20)19-12-9-14-13(21-6-7-22-14)8-11(12)18-10-17(19,4)5/h8-9,18H,6-7,10H2,1-5H3. The smallest absolute Gasteiger partial charge is 0.415 e. The van der Waals surface area contributed by atoms with Gasteiger partial charge >= 0.3 is 6.09 Å². The minimum atomic E-state index is -0.550. The molecule has 1 amide bonds. The monoisotopic (exact) mass is 320 g/mol. The van der Waals surface area contributed by atoms with Crippen molar-refractivity contribution < 1.29 is 19.0 Å². The topological polar surface area (TPSA) is 60.0 Å². The van der Waals surface area contributed by atoms with Gasteiger partial charge in [0.05, 0.1) is 16.9 Å². The van der Waals surface area contributed by atoms with Crippen LogP contribution in [-0.4, -0.2) is 37.0 Å². The van der Waals surface area contributed by atoms with Gasteiger partial charge in [-0.2, -0.15) is 0 Å². The number of benzene rings is 1. The van der Waals surface area contributed by atoms with E-state index in [0.29, 0.717) is 31.3 Å². The summed E-state index contributed by atoms with van der Waals surface area (Å²) in [6, 6.07) is 3.73. The highest BCUT2D eigenvalue weighted by molar-refractivity contribution is 5.96. The zero-order valence-corrected chi connectivity index (χ0v) is 14.4. The van der Waals surface area contributed by atoms with Gasteiger partial charge in [0.15, 0.2) is 11.5 Å². The maximum absolute atomic E-state index is 12.8. The summed E-state index contributed by atoms with van der Waals surface area (Å²) >= 11 is 0. The first-order valence-corrected chi connectivity index (χ1v) is 7.88. The first-order valence-electron chi connectivity index (χ1n) is 7.88. The third-order valence-electron chi connectivity index (χ3n) is 3.79. The van der Waals surface area contributed by atoms with Crippen molar-refractivity contribution in [3.8, 4) is 11.5 Å². The van der Waals surface area contributed by atoms with Crippen LogP contribution in [0.5, 0.6) is 11.5 Å². The van der Waals surface area contributed by atoms with E-state index in [0.717, 1.165) is 11.4 Å². The molecule has 0 radical (unpaired) electrons. The highest BCUT2D eigenvalue weighted by Crippen LogP contribution is 2.44. The second-order valence-electron chi connectivity index (χ2n) is 7.49. The van der Waals surface area contributed by atoms with E-state index in [1.54, 1.807) is 4.90 Å². The first kappa shape index (κ1) is 15.8. The van der Waals surface area contributed by atoms with E-state index in [1.807, 2.05) is 46.8 Å². The highest BCUT2D eigenvalue weighted by Gasteiger charge is 2.40. The minimum Gasteiger partial charge on any atom is -0.486 e. The molecule has 2 heterocycles. The van der Waals surface area contributed by atoms with Crippen LogP contribution in [0.15, 0.2) is 12.1 Å². The summed E-state index contributed by atoms with van der Waals surface area (Å²) in [5.74, 6) is 1.36. The molecule has 2 aliphatic rings. The van der Waals surface area contributed by atoms with Crippen molar-refractivity contribution >= 4 is 17.5 Å². The Morgan fingerprint density at radius 2 is 1.83 bits per heavy atom. The van der Waals surface area contributed by atoms with Gasteiger partial charge in [0.2, 0.25) is 0 Å². The molecule has 1 N–H and O–H groups in total. The Balaban J connectivity index is 2.03. The second kappa shape index (κ2) is 5.22. The number of nitrogens with one attached hydrogen (secondary N) is 1. The number of anilines is 2. The predicted molar refractivity (Wildman–Crippen MR) is 88.7 cm³/mol. The zero-order valence-electron chi connectivity index (χ0n) is 14.4. The van der Waals surface area contributed by atoms with Crippen LogP contribution < -0.4 is 19.7 Å². The number of amides is 1. The van der Waals surface area contributed by atoms with Crippen molar-refractivity contribution in [3.63, 3.8) is 0 Å². The Morgan fingerprint density at radius 3 is 2.43 bits per heavy atom. The molecule has 0 saturated carbocycles. The van der Waals surface area contributed by atoms with E-state index in [9.17, 15) is 4.79 Å². The zero-order chi connectivity index (χ0) is 16.8. The lowest BCUT2D eigenvalue weighted by Gasteiger charge is -2.44. The van der Waals surface area contributed by atoms with Crippen molar-refractivity contribution in [2.75, 3.05) is 30.0 Å². The Hall–Kier alpha value is -2.11. The molecule has 0 bridgehead atoms. The maximum Gasteiger partial charge on any atom is 0.415 e. The third-order valence-corrected chi connectivity index (χ3v) is 3.79. The van der Waals surface area contributed by atoms with E-state index in [2.05, 4.69) is 5.32 Å².